The normalized spacial score (nSPS) is 15.9. The van der Waals surface area contributed by atoms with Gasteiger partial charge in [0.1, 0.15) is 6.54 Å². The summed E-state index contributed by atoms with van der Waals surface area (Å²) in [5.41, 5.74) is 6.16. The minimum absolute atomic E-state index is 0. The average molecular weight is 381 g/mol. The lowest BCUT2D eigenvalue weighted by Crippen LogP contribution is -2.48. The smallest absolute Gasteiger partial charge is 0.244 e. The SMILES string of the molecule is CC(N)CC(=O)Nc1cnn(CC(=O)N2CCN(C)CC2)c1.Cl.Cl. The van der Waals surface area contributed by atoms with Crippen LogP contribution in [0.5, 0.6) is 0 Å². The van der Waals surface area contributed by atoms with Gasteiger partial charge in [-0.1, -0.05) is 0 Å². The summed E-state index contributed by atoms with van der Waals surface area (Å²) < 4.78 is 1.54. The summed E-state index contributed by atoms with van der Waals surface area (Å²) in [7, 11) is 2.05. The predicted octanol–water partition coefficient (Wildman–Crippen LogP) is 0.176. The first-order valence-electron chi connectivity index (χ1n) is 7.48. The fourth-order valence-corrected chi connectivity index (χ4v) is 2.31. The number of nitrogens with two attached hydrogens (primary N) is 1. The summed E-state index contributed by atoms with van der Waals surface area (Å²) >= 11 is 0. The Bertz CT molecular complexity index is 529. The van der Waals surface area contributed by atoms with E-state index < -0.39 is 0 Å². The Balaban J connectivity index is 0.00000264. The highest BCUT2D eigenvalue weighted by atomic mass is 35.5. The van der Waals surface area contributed by atoms with Crippen LogP contribution < -0.4 is 11.1 Å². The van der Waals surface area contributed by atoms with Gasteiger partial charge in [-0.05, 0) is 14.0 Å². The third-order valence-corrected chi connectivity index (χ3v) is 3.58. The van der Waals surface area contributed by atoms with Crippen LogP contribution in [-0.2, 0) is 16.1 Å². The Hall–Kier alpha value is -1.35. The van der Waals surface area contributed by atoms with E-state index in [9.17, 15) is 9.59 Å². The maximum absolute atomic E-state index is 12.2. The molecule has 8 nitrogen and oxygen atoms in total. The van der Waals surface area contributed by atoms with Crippen molar-refractivity contribution in [3.8, 4) is 0 Å². The zero-order valence-electron chi connectivity index (χ0n) is 14.0. The number of piperazine rings is 1. The fourth-order valence-electron chi connectivity index (χ4n) is 2.31. The number of hydrogen-bond donors (Lipinski definition) is 2. The Morgan fingerprint density at radius 1 is 1.29 bits per heavy atom. The molecule has 2 rings (SSSR count). The highest BCUT2D eigenvalue weighted by Crippen LogP contribution is 2.07. The fraction of sp³-hybridized carbons (Fsp3) is 0.643. The molecule has 0 spiro atoms. The minimum atomic E-state index is -0.186. The molecule has 24 heavy (non-hydrogen) atoms. The second-order valence-corrected chi connectivity index (χ2v) is 5.84. The third-order valence-electron chi connectivity index (χ3n) is 3.58. The molecule has 1 saturated heterocycles. The first kappa shape index (κ1) is 22.6. The molecule has 0 saturated carbocycles. The minimum Gasteiger partial charge on any atom is -0.339 e. The maximum Gasteiger partial charge on any atom is 0.244 e. The number of aromatic nitrogens is 2. The van der Waals surface area contributed by atoms with Crippen LogP contribution in [0.25, 0.3) is 0 Å². The standard InChI is InChI=1S/C14H24N6O2.2ClH/c1-11(15)7-13(21)17-12-8-16-20(9-12)10-14(22)19-5-3-18(2)4-6-19;;/h8-9,11H,3-7,10,15H2,1-2H3,(H,17,21);2*1H. The topological polar surface area (TPSA) is 96.5 Å². The van der Waals surface area contributed by atoms with Crippen molar-refractivity contribution in [3.05, 3.63) is 12.4 Å². The molecule has 1 atom stereocenters. The summed E-state index contributed by atoms with van der Waals surface area (Å²) in [5.74, 6) is -0.107. The molecule has 1 aliphatic heterocycles. The van der Waals surface area contributed by atoms with Crippen LogP contribution in [0.4, 0.5) is 5.69 Å². The molecule has 1 unspecified atom stereocenters. The van der Waals surface area contributed by atoms with E-state index in [0.717, 1.165) is 26.2 Å². The van der Waals surface area contributed by atoms with E-state index in [2.05, 4.69) is 15.3 Å². The zero-order chi connectivity index (χ0) is 16.1. The van der Waals surface area contributed by atoms with Gasteiger partial charge in [0.15, 0.2) is 0 Å². The maximum atomic E-state index is 12.2. The Morgan fingerprint density at radius 3 is 2.50 bits per heavy atom. The van der Waals surface area contributed by atoms with Gasteiger partial charge >= 0.3 is 0 Å². The van der Waals surface area contributed by atoms with E-state index in [1.807, 2.05) is 11.9 Å². The van der Waals surface area contributed by atoms with Gasteiger partial charge in [0, 0.05) is 44.8 Å². The molecule has 3 N–H and O–H groups in total. The van der Waals surface area contributed by atoms with E-state index in [4.69, 9.17) is 5.73 Å². The van der Waals surface area contributed by atoms with Gasteiger partial charge < -0.3 is 20.9 Å². The lowest BCUT2D eigenvalue weighted by atomic mass is 10.2. The predicted molar refractivity (Wildman–Crippen MR) is 97.7 cm³/mol. The molecule has 0 radical (unpaired) electrons. The molecular weight excluding hydrogens is 355 g/mol. The number of halogens is 2. The Morgan fingerprint density at radius 2 is 1.92 bits per heavy atom. The number of nitrogens with one attached hydrogen (secondary N) is 1. The van der Waals surface area contributed by atoms with E-state index in [0.29, 0.717) is 5.69 Å². The van der Waals surface area contributed by atoms with E-state index in [1.54, 1.807) is 17.8 Å². The van der Waals surface area contributed by atoms with Crippen LogP contribution >= 0.6 is 24.8 Å². The van der Waals surface area contributed by atoms with E-state index in [-0.39, 0.29) is 55.6 Å². The molecule has 1 aromatic rings. The van der Waals surface area contributed by atoms with Gasteiger partial charge in [0.25, 0.3) is 0 Å². The van der Waals surface area contributed by atoms with Crippen molar-refractivity contribution in [2.75, 3.05) is 38.5 Å². The number of nitrogens with zero attached hydrogens (tertiary/aromatic N) is 4. The van der Waals surface area contributed by atoms with Gasteiger partial charge in [-0.15, -0.1) is 24.8 Å². The number of amides is 2. The van der Waals surface area contributed by atoms with Gasteiger partial charge in [-0.3, -0.25) is 14.3 Å². The van der Waals surface area contributed by atoms with E-state index in [1.165, 1.54) is 6.20 Å². The van der Waals surface area contributed by atoms with Crippen molar-refractivity contribution in [2.45, 2.75) is 25.9 Å². The second kappa shape index (κ2) is 10.5. The molecular formula is C14H26Cl2N6O2. The molecule has 2 heterocycles. The average Bonchev–Trinajstić information content (AvgIpc) is 2.85. The second-order valence-electron chi connectivity index (χ2n) is 5.84. The van der Waals surface area contributed by atoms with Crippen LogP contribution in [-0.4, -0.2) is 70.7 Å². The van der Waals surface area contributed by atoms with Crippen molar-refractivity contribution in [3.63, 3.8) is 0 Å². The molecule has 138 valence electrons. The van der Waals surface area contributed by atoms with Crippen molar-refractivity contribution in [2.24, 2.45) is 5.73 Å². The molecule has 0 aliphatic carbocycles. The van der Waals surface area contributed by atoms with E-state index >= 15 is 0 Å². The van der Waals surface area contributed by atoms with Crippen molar-refractivity contribution in [1.82, 2.24) is 19.6 Å². The van der Waals surface area contributed by atoms with Gasteiger partial charge in [0.05, 0.1) is 11.9 Å². The quantitative estimate of drug-likeness (QED) is 0.759. The summed E-state index contributed by atoms with van der Waals surface area (Å²) in [6, 6.07) is -0.186. The highest BCUT2D eigenvalue weighted by Gasteiger charge is 2.19. The molecule has 0 bridgehead atoms. The number of carbonyl (C=O) groups excluding carboxylic acids is 2. The molecule has 1 fully saturated rings. The molecule has 2 amide bonds. The summed E-state index contributed by atoms with van der Waals surface area (Å²) in [4.78, 5) is 27.9. The summed E-state index contributed by atoms with van der Waals surface area (Å²) in [6.07, 6.45) is 3.45. The third kappa shape index (κ3) is 7.04. The number of likely N-dealkylation sites (N-methyl/N-ethyl adjacent to an activating group) is 1. The lowest BCUT2D eigenvalue weighted by Gasteiger charge is -2.32. The summed E-state index contributed by atoms with van der Waals surface area (Å²) in [5, 5.41) is 6.83. The van der Waals surface area contributed by atoms with Crippen LogP contribution in [0.2, 0.25) is 0 Å². The van der Waals surface area contributed by atoms with Crippen LogP contribution in [0.3, 0.4) is 0 Å². The van der Waals surface area contributed by atoms with Crippen LogP contribution in [0.15, 0.2) is 12.4 Å². The number of carbonyl (C=O) groups is 2. The lowest BCUT2D eigenvalue weighted by molar-refractivity contribution is -0.133. The molecule has 1 aliphatic rings. The number of anilines is 1. The first-order valence-corrected chi connectivity index (χ1v) is 7.48. The zero-order valence-corrected chi connectivity index (χ0v) is 15.6. The number of hydrogen-bond acceptors (Lipinski definition) is 5. The monoisotopic (exact) mass is 380 g/mol. The Labute approximate surface area is 154 Å². The van der Waals surface area contributed by atoms with Gasteiger partial charge in [0.2, 0.25) is 11.8 Å². The molecule has 1 aromatic heterocycles. The van der Waals surface area contributed by atoms with Crippen molar-refractivity contribution < 1.29 is 9.59 Å². The molecule has 10 heteroatoms. The highest BCUT2D eigenvalue weighted by molar-refractivity contribution is 5.90. The van der Waals surface area contributed by atoms with Crippen molar-refractivity contribution in [1.29, 1.82) is 0 Å². The number of rotatable bonds is 5. The molecule has 0 aromatic carbocycles. The largest absolute Gasteiger partial charge is 0.339 e. The Kier molecular flexibility index (Phi) is 9.91. The van der Waals surface area contributed by atoms with Gasteiger partial charge in [-0.2, -0.15) is 5.10 Å². The van der Waals surface area contributed by atoms with Crippen molar-refractivity contribution >= 4 is 42.3 Å². The van der Waals surface area contributed by atoms with Crippen LogP contribution in [0, 0.1) is 0 Å². The summed E-state index contributed by atoms with van der Waals surface area (Å²) in [6.45, 7) is 5.24. The first-order chi connectivity index (χ1) is 10.4. The van der Waals surface area contributed by atoms with Crippen LogP contribution in [0.1, 0.15) is 13.3 Å². The van der Waals surface area contributed by atoms with Gasteiger partial charge in [-0.25, -0.2) is 0 Å².